The third-order valence-electron chi connectivity index (χ3n) is 4.63. The van der Waals surface area contributed by atoms with Gasteiger partial charge in [0.2, 0.25) is 5.91 Å². The van der Waals surface area contributed by atoms with Crippen LogP contribution in [0.5, 0.6) is 0 Å². The normalized spacial score (nSPS) is 13.0. The predicted molar refractivity (Wildman–Crippen MR) is 107 cm³/mol. The van der Waals surface area contributed by atoms with Gasteiger partial charge in [-0.3, -0.25) is 9.59 Å². The number of rotatable bonds is 5. The Morgan fingerprint density at radius 1 is 1.19 bits per heavy atom. The molecule has 27 heavy (non-hydrogen) atoms. The minimum absolute atomic E-state index is 0.232. The second kappa shape index (κ2) is 8.65. The lowest BCUT2D eigenvalue weighted by Crippen LogP contribution is -2.20. The van der Waals surface area contributed by atoms with Crippen LogP contribution in [0.4, 0.5) is 5.00 Å². The van der Waals surface area contributed by atoms with E-state index in [1.54, 1.807) is 24.3 Å². The molecule has 0 saturated carbocycles. The largest absolute Gasteiger partial charge is 0.348 e. The van der Waals surface area contributed by atoms with E-state index >= 15 is 0 Å². The van der Waals surface area contributed by atoms with E-state index in [4.69, 9.17) is 0 Å². The Balaban J connectivity index is 1.71. The van der Waals surface area contributed by atoms with E-state index < -0.39 is 0 Å². The fourth-order valence-electron chi connectivity index (χ4n) is 3.16. The summed E-state index contributed by atoms with van der Waals surface area (Å²) in [6.07, 6.45) is 6.53. The molecule has 0 bridgehead atoms. The minimum atomic E-state index is -0.238. The number of anilines is 1. The zero-order chi connectivity index (χ0) is 19.2. The summed E-state index contributed by atoms with van der Waals surface area (Å²) >= 11 is 1.53. The first-order valence-corrected chi connectivity index (χ1v) is 9.79. The number of benzene rings is 1. The highest BCUT2D eigenvalue weighted by Gasteiger charge is 2.21. The van der Waals surface area contributed by atoms with Crippen molar-refractivity contribution in [2.24, 2.45) is 0 Å². The molecule has 5 nitrogen and oxygen atoms in total. The van der Waals surface area contributed by atoms with Gasteiger partial charge in [-0.05, 0) is 55.0 Å². The number of nitrogens with one attached hydrogen (secondary N) is 2. The van der Waals surface area contributed by atoms with Gasteiger partial charge in [-0.15, -0.1) is 11.3 Å². The smallest absolute Gasteiger partial charge is 0.256 e. The summed E-state index contributed by atoms with van der Waals surface area (Å²) in [5, 5.41) is 15.8. The molecule has 1 heterocycles. The summed E-state index contributed by atoms with van der Waals surface area (Å²) in [5.74, 6) is -0.470. The zero-order valence-corrected chi connectivity index (χ0v) is 15.8. The molecule has 0 radical (unpaired) electrons. The van der Waals surface area contributed by atoms with Crippen molar-refractivity contribution >= 4 is 28.2 Å². The van der Waals surface area contributed by atoms with Crippen molar-refractivity contribution in [3.05, 3.63) is 64.1 Å². The summed E-state index contributed by atoms with van der Waals surface area (Å²) in [4.78, 5) is 25.0. The average molecular weight is 379 g/mol. The average Bonchev–Trinajstić information content (AvgIpc) is 2.85. The van der Waals surface area contributed by atoms with E-state index in [0.29, 0.717) is 22.7 Å². The molecule has 1 aliphatic rings. The number of carbonyl (C=O) groups excluding carboxylic acids is 2. The Kier molecular flexibility index (Phi) is 6.05. The van der Waals surface area contributed by atoms with E-state index in [2.05, 4.69) is 23.3 Å². The van der Waals surface area contributed by atoms with E-state index in [0.717, 1.165) is 36.8 Å². The van der Waals surface area contributed by atoms with Crippen LogP contribution in [0.25, 0.3) is 0 Å². The van der Waals surface area contributed by atoms with Crippen molar-refractivity contribution in [3.8, 4) is 6.07 Å². The number of carbonyl (C=O) groups is 2. The van der Waals surface area contributed by atoms with Gasteiger partial charge in [0.15, 0.2) is 0 Å². The van der Waals surface area contributed by atoms with Gasteiger partial charge >= 0.3 is 0 Å². The maximum absolute atomic E-state index is 12.6. The molecule has 0 spiro atoms. The molecular weight excluding hydrogens is 358 g/mol. The molecule has 6 heteroatoms. The van der Waals surface area contributed by atoms with Crippen molar-refractivity contribution < 1.29 is 9.59 Å². The SMILES string of the molecule is C=CC(=O)NCc1ccc(C(=O)Nc2sc3c(c2C#N)CCCCC3)cc1. The zero-order valence-electron chi connectivity index (χ0n) is 15.0. The minimum Gasteiger partial charge on any atom is -0.348 e. The van der Waals surface area contributed by atoms with Gasteiger partial charge in [0.05, 0.1) is 5.56 Å². The molecule has 1 aliphatic carbocycles. The highest BCUT2D eigenvalue weighted by Crippen LogP contribution is 2.37. The van der Waals surface area contributed by atoms with E-state index in [-0.39, 0.29) is 11.8 Å². The number of hydrogen-bond donors (Lipinski definition) is 2. The number of fused-ring (bicyclic) bond motifs is 1. The molecule has 2 aromatic rings. The van der Waals surface area contributed by atoms with Gasteiger partial charge in [-0.2, -0.15) is 5.26 Å². The second-order valence-electron chi connectivity index (χ2n) is 6.45. The summed E-state index contributed by atoms with van der Waals surface area (Å²) < 4.78 is 0. The Labute approximate surface area is 162 Å². The van der Waals surface area contributed by atoms with Crippen LogP contribution in [0.3, 0.4) is 0 Å². The lowest BCUT2D eigenvalue weighted by molar-refractivity contribution is -0.116. The van der Waals surface area contributed by atoms with Crippen LogP contribution in [-0.2, 0) is 24.2 Å². The number of nitriles is 1. The standard InChI is InChI=1S/C21H21N3O2S/c1-2-19(25)23-13-14-8-10-15(11-9-14)20(26)24-21-17(12-22)16-6-4-3-5-7-18(16)27-21/h2,8-11H,1,3-7,13H2,(H,23,25)(H,24,26). The van der Waals surface area contributed by atoms with Crippen LogP contribution in [0.15, 0.2) is 36.9 Å². The predicted octanol–water partition coefficient (Wildman–Crippen LogP) is 3.94. The Hall–Kier alpha value is -2.91. The first kappa shape index (κ1) is 18.9. The fourth-order valence-corrected chi connectivity index (χ4v) is 4.39. The van der Waals surface area contributed by atoms with E-state index in [9.17, 15) is 14.9 Å². The molecule has 0 unspecified atom stereocenters. The Morgan fingerprint density at radius 2 is 1.93 bits per heavy atom. The van der Waals surface area contributed by atoms with Crippen LogP contribution in [0.1, 0.15) is 51.2 Å². The van der Waals surface area contributed by atoms with Gasteiger partial charge in [0.25, 0.3) is 5.91 Å². The Bertz CT molecular complexity index is 907. The molecule has 1 aromatic carbocycles. The summed E-state index contributed by atoms with van der Waals surface area (Å²) in [6.45, 7) is 3.78. The van der Waals surface area contributed by atoms with Crippen molar-refractivity contribution in [2.45, 2.75) is 38.6 Å². The van der Waals surface area contributed by atoms with Crippen molar-refractivity contribution in [2.75, 3.05) is 5.32 Å². The third-order valence-corrected chi connectivity index (χ3v) is 5.84. The van der Waals surface area contributed by atoms with Crippen molar-refractivity contribution in [1.82, 2.24) is 5.32 Å². The molecule has 0 saturated heterocycles. The van der Waals surface area contributed by atoms with Crippen LogP contribution in [0.2, 0.25) is 0 Å². The van der Waals surface area contributed by atoms with Crippen LogP contribution in [-0.4, -0.2) is 11.8 Å². The van der Waals surface area contributed by atoms with Crippen LogP contribution >= 0.6 is 11.3 Å². The molecule has 1 aromatic heterocycles. The topological polar surface area (TPSA) is 82.0 Å². The summed E-state index contributed by atoms with van der Waals surface area (Å²) in [5.41, 5.74) is 3.14. The summed E-state index contributed by atoms with van der Waals surface area (Å²) in [6, 6.07) is 9.31. The van der Waals surface area contributed by atoms with Crippen LogP contribution < -0.4 is 10.6 Å². The van der Waals surface area contributed by atoms with E-state index in [1.807, 2.05) is 0 Å². The molecule has 3 rings (SSSR count). The summed E-state index contributed by atoms with van der Waals surface area (Å²) in [7, 11) is 0. The fraction of sp³-hybridized carbons (Fsp3) is 0.286. The Morgan fingerprint density at radius 3 is 2.63 bits per heavy atom. The number of nitrogens with zero attached hydrogens (tertiary/aromatic N) is 1. The lowest BCUT2D eigenvalue weighted by atomic mass is 10.1. The molecule has 0 aliphatic heterocycles. The first-order chi connectivity index (χ1) is 13.1. The maximum Gasteiger partial charge on any atom is 0.256 e. The quantitative estimate of drug-likeness (QED) is 0.610. The number of amides is 2. The van der Waals surface area contributed by atoms with Gasteiger partial charge in [-0.25, -0.2) is 0 Å². The molecular formula is C21H21N3O2S. The molecule has 138 valence electrons. The first-order valence-electron chi connectivity index (χ1n) is 8.97. The number of hydrogen-bond acceptors (Lipinski definition) is 4. The molecule has 2 amide bonds. The molecule has 2 N–H and O–H groups in total. The maximum atomic E-state index is 12.6. The number of thiophene rings is 1. The van der Waals surface area contributed by atoms with E-state index in [1.165, 1.54) is 28.7 Å². The van der Waals surface area contributed by atoms with Gasteiger partial charge in [0, 0.05) is 17.0 Å². The number of aryl methyl sites for hydroxylation is 1. The monoisotopic (exact) mass is 379 g/mol. The highest BCUT2D eigenvalue weighted by molar-refractivity contribution is 7.16. The van der Waals surface area contributed by atoms with Gasteiger partial charge in [-0.1, -0.05) is 25.1 Å². The van der Waals surface area contributed by atoms with Crippen molar-refractivity contribution in [3.63, 3.8) is 0 Å². The highest BCUT2D eigenvalue weighted by atomic mass is 32.1. The van der Waals surface area contributed by atoms with Gasteiger partial charge < -0.3 is 10.6 Å². The molecule has 0 fully saturated rings. The second-order valence-corrected chi connectivity index (χ2v) is 7.56. The molecule has 0 atom stereocenters. The lowest BCUT2D eigenvalue weighted by Gasteiger charge is -2.06. The van der Waals surface area contributed by atoms with Crippen LogP contribution in [0, 0.1) is 11.3 Å². The third kappa shape index (κ3) is 4.44. The van der Waals surface area contributed by atoms with Crippen molar-refractivity contribution in [1.29, 1.82) is 5.26 Å². The van der Waals surface area contributed by atoms with Gasteiger partial charge in [0.1, 0.15) is 11.1 Å².